The zero-order valence-electron chi connectivity index (χ0n) is 17.7. The number of ether oxygens (including phenoxy) is 2. The van der Waals surface area contributed by atoms with Crippen molar-refractivity contribution >= 4 is 23.3 Å². The molecule has 3 rings (SSSR count). The van der Waals surface area contributed by atoms with Crippen LogP contribution in [0.5, 0.6) is 0 Å². The maximum atomic E-state index is 13.0. The summed E-state index contributed by atoms with van der Waals surface area (Å²) in [6.45, 7) is 4.72. The van der Waals surface area contributed by atoms with Crippen molar-refractivity contribution in [2.45, 2.75) is 45.8 Å². The molecule has 2 aromatic rings. The molecule has 1 atom stereocenters. The minimum absolute atomic E-state index is 0.00603. The third-order valence-corrected chi connectivity index (χ3v) is 5.33. The summed E-state index contributed by atoms with van der Waals surface area (Å²) in [5.74, 6) is -0.789. The largest absolute Gasteiger partial charge is 0.464 e. The van der Waals surface area contributed by atoms with E-state index in [2.05, 4.69) is 0 Å². The molecule has 8 heteroatoms. The minimum atomic E-state index is -0.502. The summed E-state index contributed by atoms with van der Waals surface area (Å²) >= 11 is 0. The summed E-state index contributed by atoms with van der Waals surface area (Å²) in [6, 6.07) is 11.1. The first-order valence-corrected chi connectivity index (χ1v) is 10.4. The van der Waals surface area contributed by atoms with Crippen molar-refractivity contribution in [1.29, 1.82) is 0 Å². The molecule has 0 amide bonds. The summed E-state index contributed by atoms with van der Waals surface area (Å²) in [4.78, 5) is 37.6. The molecule has 1 aliphatic heterocycles. The number of hydrogen-bond acceptors (Lipinski definition) is 7. The quantitative estimate of drug-likeness (QED) is 0.357. The molecule has 164 valence electrons. The van der Waals surface area contributed by atoms with E-state index in [1.165, 1.54) is 12.1 Å². The standard InChI is InChI=1S/C23H26N2O6/c1-3-16-9-12-20(24-13-5-6-21(24)23(27)30-4-2)19(14-16)22(26)31-15-17-7-10-18(11-8-17)25(28)29/h7-12,14,21H,3-6,13,15H2,1-2H3/t21-/m0/s1. The van der Waals surface area contributed by atoms with Crippen molar-refractivity contribution in [2.24, 2.45) is 0 Å². The molecule has 31 heavy (non-hydrogen) atoms. The van der Waals surface area contributed by atoms with Gasteiger partial charge in [-0.1, -0.05) is 13.0 Å². The Morgan fingerprint density at radius 2 is 1.81 bits per heavy atom. The molecule has 2 aromatic carbocycles. The number of anilines is 1. The monoisotopic (exact) mass is 426 g/mol. The molecule has 1 aliphatic rings. The Morgan fingerprint density at radius 3 is 2.45 bits per heavy atom. The number of nitrogens with zero attached hydrogens (tertiary/aromatic N) is 2. The van der Waals surface area contributed by atoms with E-state index < -0.39 is 16.9 Å². The van der Waals surface area contributed by atoms with Crippen LogP contribution in [0.2, 0.25) is 0 Å². The van der Waals surface area contributed by atoms with Crippen LogP contribution in [0.4, 0.5) is 11.4 Å². The molecule has 0 bridgehead atoms. The topological polar surface area (TPSA) is 99.0 Å². The minimum Gasteiger partial charge on any atom is -0.464 e. The highest BCUT2D eigenvalue weighted by atomic mass is 16.6. The van der Waals surface area contributed by atoms with E-state index in [4.69, 9.17) is 9.47 Å². The average molecular weight is 426 g/mol. The van der Waals surface area contributed by atoms with Crippen LogP contribution in [0, 0.1) is 10.1 Å². The Balaban J connectivity index is 1.81. The van der Waals surface area contributed by atoms with Gasteiger partial charge < -0.3 is 14.4 Å². The summed E-state index contributed by atoms with van der Waals surface area (Å²) in [5.41, 5.74) is 2.67. The summed E-state index contributed by atoms with van der Waals surface area (Å²) < 4.78 is 10.7. The van der Waals surface area contributed by atoms with Gasteiger partial charge in [0.2, 0.25) is 0 Å². The van der Waals surface area contributed by atoms with Gasteiger partial charge in [0.1, 0.15) is 12.6 Å². The van der Waals surface area contributed by atoms with Gasteiger partial charge in [-0.2, -0.15) is 0 Å². The molecule has 0 aromatic heterocycles. The zero-order chi connectivity index (χ0) is 22.4. The Morgan fingerprint density at radius 1 is 1.10 bits per heavy atom. The second kappa shape index (κ2) is 10.1. The molecule has 1 saturated heterocycles. The number of carbonyl (C=O) groups is 2. The van der Waals surface area contributed by atoms with Crippen LogP contribution in [0.3, 0.4) is 0 Å². The van der Waals surface area contributed by atoms with E-state index in [9.17, 15) is 19.7 Å². The van der Waals surface area contributed by atoms with Crippen molar-refractivity contribution < 1.29 is 24.0 Å². The van der Waals surface area contributed by atoms with Gasteiger partial charge in [0.25, 0.3) is 5.69 Å². The SMILES string of the molecule is CCOC(=O)[C@@H]1CCCN1c1ccc(CC)cc1C(=O)OCc1ccc([N+](=O)[O-])cc1. The third-order valence-electron chi connectivity index (χ3n) is 5.33. The van der Waals surface area contributed by atoms with Crippen LogP contribution < -0.4 is 4.90 Å². The molecule has 0 saturated carbocycles. The lowest BCUT2D eigenvalue weighted by Crippen LogP contribution is -2.38. The lowest BCUT2D eigenvalue weighted by atomic mass is 10.0. The van der Waals surface area contributed by atoms with Gasteiger partial charge >= 0.3 is 11.9 Å². The molecular formula is C23H26N2O6. The van der Waals surface area contributed by atoms with Crippen molar-refractivity contribution in [3.05, 3.63) is 69.3 Å². The number of aryl methyl sites for hydroxylation is 1. The van der Waals surface area contributed by atoms with Crippen molar-refractivity contribution in [1.82, 2.24) is 0 Å². The van der Waals surface area contributed by atoms with Crippen LogP contribution in [0.15, 0.2) is 42.5 Å². The summed E-state index contributed by atoms with van der Waals surface area (Å²) in [5, 5.41) is 10.8. The highest BCUT2D eigenvalue weighted by molar-refractivity contribution is 5.97. The lowest BCUT2D eigenvalue weighted by Gasteiger charge is -2.27. The Hall–Kier alpha value is -3.42. The maximum absolute atomic E-state index is 13.0. The van der Waals surface area contributed by atoms with E-state index in [-0.39, 0.29) is 18.3 Å². The van der Waals surface area contributed by atoms with E-state index in [1.807, 2.05) is 24.0 Å². The number of nitro groups is 1. The van der Waals surface area contributed by atoms with Gasteiger partial charge in [0.05, 0.1) is 22.8 Å². The fourth-order valence-electron chi connectivity index (χ4n) is 3.70. The highest BCUT2D eigenvalue weighted by Crippen LogP contribution is 2.31. The molecule has 1 heterocycles. The molecule has 8 nitrogen and oxygen atoms in total. The Labute approximate surface area is 180 Å². The van der Waals surface area contributed by atoms with E-state index >= 15 is 0 Å². The second-order valence-electron chi connectivity index (χ2n) is 7.31. The molecule has 0 N–H and O–H groups in total. The van der Waals surface area contributed by atoms with Crippen molar-refractivity contribution in [3.63, 3.8) is 0 Å². The van der Waals surface area contributed by atoms with Gasteiger partial charge in [-0.25, -0.2) is 9.59 Å². The number of esters is 2. The van der Waals surface area contributed by atoms with Gasteiger partial charge in [-0.05, 0) is 61.6 Å². The number of rotatable bonds is 8. The van der Waals surface area contributed by atoms with E-state index in [0.29, 0.717) is 36.4 Å². The van der Waals surface area contributed by atoms with Crippen LogP contribution in [0.25, 0.3) is 0 Å². The number of non-ortho nitro benzene ring substituents is 1. The number of nitro benzene ring substituents is 1. The second-order valence-corrected chi connectivity index (χ2v) is 7.31. The van der Waals surface area contributed by atoms with Crippen LogP contribution in [0.1, 0.15) is 48.2 Å². The lowest BCUT2D eigenvalue weighted by molar-refractivity contribution is -0.384. The predicted molar refractivity (Wildman–Crippen MR) is 115 cm³/mol. The molecule has 1 fully saturated rings. The average Bonchev–Trinajstić information content (AvgIpc) is 3.27. The summed E-state index contributed by atoms with van der Waals surface area (Å²) in [6.07, 6.45) is 2.26. The first kappa shape index (κ1) is 22.3. The predicted octanol–water partition coefficient (Wildman–Crippen LogP) is 4.05. The Bertz CT molecular complexity index is 957. The molecular weight excluding hydrogens is 400 g/mol. The van der Waals surface area contributed by atoms with Gasteiger partial charge in [0.15, 0.2) is 0 Å². The van der Waals surface area contributed by atoms with E-state index in [1.54, 1.807) is 25.1 Å². The normalized spacial score (nSPS) is 15.5. The van der Waals surface area contributed by atoms with Crippen molar-refractivity contribution in [3.8, 4) is 0 Å². The molecule has 0 radical (unpaired) electrons. The third kappa shape index (κ3) is 5.20. The molecule has 0 aliphatic carbocycles. The van der Waals surface area contributed by atoms with Crippen LogP contribution in [-0.2, 0) is 27.3 Å². The smallest absolute Gasteiger partial charge is 0.340 e. The Kier molecular flexibility index (Phi) is 7.23. The number of benzene rings is 2. The van der Waals surface area contributed by atoms with Gasteiger partial charge in [-0.15, -0.1) is 0 Å². The van der Waals surface area contributed by atoms with Crippen LogP contribution >= 0.6 is 0 Å². The molecule has 0 unspecified atom stereocenters. The maximum Gasteiger partial charge on any atom is 0.340 e. The van der Waals surface area contributed by atoms with Gasteiger partial charge in [-0.3, -0.25) is 10.1 Å². The first-order chi connectivity index (χ1) is 14.9. The molecule has 0 spiro atoms. The number of hydrogen-bond donors (Lipinski definition) is 0. The van der Waals surface area contributed by atoms with Gasteiger partial charge in [0, 0.05) is 18.7 Å². The fraction of sp³-hybridized carbons (Fsp3) is 0.391. The summed E-state index contributed by atoms with van der Waals surface area (Å²) in [7, 11) is 0. The van der Waals surface area contributed by atoms with Crippen LogP contribution in [-0.4, -0.2) is 36.1 Å². The van der Waals surface area contributed by atoms with Crippen molar-refractivity contribution in [2.75, 3.05) is 18.1 Å². The number of carbonyl (C=O) groups excluding carboxylic acids is 2. The highest BCUT2D eigenvalue weighted by Gasteiger charge is 2.34. The first-order valence-electron chi connectivity index (χ1n) is 10.4. The fourth-order valence-corrected chi connectivity index (χ4v) is 3.70. The van der Waals surface area contributed by atoms with E-state index in [0.717, 1.165) is 18.4 Å². The zero-order valence-corrected chi connectivity index (χ0v) is 17.7.